The van der Waals surface area contributed by atoms with Crippen molar-refractivity contribution in [3.8, 4) is 5.88 Å². The maximum absolute atomic E-state index is 11.9. The number of nitrogens with one attached hydrogen (secondary N) is 1. The lowest BCUT2D eigenvalue weighted by Crippen LogP contribution is -2.25. The van der Waals surface area contributed by atoms with Gasteiger partial charge in [-0.2, -0.15) is 0 Å². The molecule has 6 nitrogen and oxygen atoms in total. The van der Waals surface area contributed by atoms with Crippen LogP contribution in [0.5, 0.6) is 5.88 Å². The minimum Gasteiger partial charge on any atom is -0.481 e. The van der Waals surface area contributed by atoms with Crippen LogP contribution >= 0.6 is 0 Å². The number of aryl methyl sites for hydroxylation is 1. The van der Waals surface area contributed by atoms with Crippen LogP contribution in [0.2, 0.25) is 0 Å². The van der Waals surface area contributed by atoms with Crippen molar-refractivity contribution in [2.24, 2.45) is 0 Å². The van der Waals surface area contributed by atoms with Crippen LogP contribution in [0, 0.1) is 6.92 Å². The highest BCUT2D eigenvalue weighted by Gasteiger charge is 2.12. The van der Waals surface area contributed by atoms with E-state index in [0.717, 1.165) is 5.69 Å². The van der Waals surface area contributed by atoms with Crippen molar-refractivity contribution < 1.29 is 19.4 Å². The van der Waals surface area contributed by atoms with Gasteiger partial charge in [0.2, 0.25) is 5.88 Å². The molecule has 0 aliphatic heterocycles. The Labute approximate surface area is 111 Å². The van der Waals surface area contributed by atoms with Crippen LogP contribution in [0.4, 0.5) is 0 Å². The van der Waals surface area contributed by atoms with Crippen LogP contribution in [0.1, 0.15) is 35.3 Å². The number of ether oxygens (including phenoxy) is 1. The van der Waals surface area contributed by atoms with Gasteiger partial charge < -0.3 is 15.2 Å². The van der Waals surface area contributed by atoms with Crippen molar-refractivity contribution in [1.82, 2.24) is 10.3 Å². The highest BCUT2D eigenvalue weighted by molar-refractivity contribution is 5.96. The summed E-state index contributed by atoms with van der Waals surface area (Å²) in [6, 6.07) is 3.40. The van der Waals surface area contributed by atoms with Gasteiger partial charge in [0.1, 0.15) is 5.56 Å². The van der Waals surface area contributed by atoms with Gasteiger partial charge in [-0.05, 0) is 31.9 Å². The summed E-state index contributed by atoms with van der Waals surface area (Å²) in [6.45, 7) is 2.25. The first kappa shape index (κ1) is 14.9. The van der Waals surface area contributed by atoms with Crippen LogP contribution in [-0.4, -0.2) is 35.6 Å². The third-order valence-corrected chi connectivity index (χ3v) is 2.54. The normalized spacial score (nSPS) is 10.0. The largest absolute Gasteiger partial charge is 0.481 e. The number of carbonyl (C=O) groups is 2. The maximum Gasteiger partial charge on any atom is 0.303 e. The Morgan fingerprint density at radius 2 is 2.11 bits per heavy atom. The lowest BCUT2D eigenvalue weighted by molar-refractivity contribution is -0.137. The Morgan fingerprint density at radius 1 is 1.37 bits per heavy atom. The van der Waals surface area contributed by atoms with Crippen LogP contribution in [0.3, 0.4) is 0 Å². The Morgan fingerprint density at radius 3 is 2.74 bits per heavy atom. The second kappa shape index (κ2) is 7.35. The average molecular weight is 266 g/mol. The Hall–Kier alpha value is -2.11. The van der Waals surface area contributed by atoms with Gasteiger partial charge in [0.05, 0.1) is 7.11 Å². The Kier molecular flexibility index (Phi) is 5.78. The summed E-state index contributed by atoms with van der Waals surface area (Å²) in [5, 5.41) is 11.2. The minimum absolute atomic E-state index is 0.116. The van der Waals surface area contributed by atoms with Crippen LogP contribution in [0.15, 0.2) is 12.1 Å². The van der Waals surface area contributed by atoms with Crippen LogP contribution < -0.4 is 10.1 Å². The Bertz CT molecular complexity index is 460. The Balaban J connectivity index is 2.47. The molecule has 0 fully saturated rings. The van der Waals surface area contributed by atoms with Crippen molar-refractivity contribution in [3.05, 3.63) is 23.4 Å². The molecule has 2 N–H and O–H groups in total. The molecule has 6 heteroatoms. The maximum atomic E-state index is 11.9. The van der Waals surface area contributed by atoms with Crippen LogP contribution in [-0.2, 0) is 4.79 Å². The predicted molar refractivity (Wildman–Crippen MR) is 69.3 cm³/mol. The van der Waals surface area contributed by atoms with E-state index in [2.05, 4.69) is 10.3 Å². The molecule has 1 rings (SSSR count). The number of unbranched alkanes of at least 4 members (excludes halogenated alkanes) is 1. The highest BCUT2D eigenvalue weighted by Crippen LogP contribution is 2.15. The predicted octanol–water partition coefficient (Wildman–Crippen LogP) is 1.38. The first-order valence-corrected chi connectivity index (χ1v) is 6.06. The lowest BCUT2D eigenvalue weighted by Gasteiger charge is -2.08. The van der Waals surface area contributed by atoms with Gasteiger partial charge in [0.15, 0.2) is 0 Å². The second-order valence-electron chi connectivity index (χ2n) is 4.12. The third-order valence-electron chi connectivity index (χ3n) is 2.54. The molecule has 0 radical (unpaired) electrons. The molecule has 0 aromatic carbocycles. The summed E-state index contributed by atoms with van der Waals surface area (Å²) in [6.07, 6.45) is 1.28. The number of aliphatic carboxylic acids is 1. The minimum atomic E-state index is -0.823. The number of carbonyl (C=O) groups excluding carboxylic acids is 1. The van der Waals surface area contributed by atoms with Gasteiger partial charge in [0.25, 0.3) is 5.91 Å². The summed E-state index contributed by atoms with van der Waals surface area (Å²) in [4.78, 5) is 26.3. The molecule has 19 heavy (non-hydrogen) atoms. The molecule has 1 aromatic heterocycles. The summed E-state index contributed by atoms with van der Waals surface area (Å²) >= 11 is 0. The molecular weight excluding hydrogens is 248 g/mol. The van der Waals surface area contributed by atoms with E-state index in [4.69, 9.17) is 9.84 Å². The average Bonchev–Trinajstić information content (AvgIpc) is 2.37. The van der Waals surface area contributed by atoms with Gasteiger partial charge in [-0.25, -0.2) is 4.98 Å². The number of amides is 1. The van der Waals surface area contributed by atoms with E-state index >= 15 is 0 Å². The molecule has 0 aliphatic rings. The number of methoxy groups -OCH3 is 1. The third kappa shape index (κ3) is 4.95. The number of carboxylic acid groups (broad SMARTS) is 1. The van der Waals surface area contributed by atoms with Gasteiger partial charge in [0, 0.05) is 18.7 Å². The molecule has 0 spiro atoms. The first-order chi connectivity index (χ1) is 9.04. The fourth-order valence-electron chi connectivity index (χ4n) is 1.56. The van der Waals surface area contributed by atoms with Crippen LogP contribution in [0.25, 0.3) is 0 Å². The number of hydrogen-bond donors (Lipinski definition) is 2. The molecular formula is C13H18N2O4. The topological polar surface area (TPSA) is 88.5 Å². The summed E-state index contributed by atoms with van der Waals surface area (Å²) in [5.41, 5.74) is 1.15. The molecule has 0 bridgehead atoms. The molecule has 1 heterocycles. The standard InChI is InChI=1S/C13H18N2O4/c1-9-6-7-10(13(15-9)19-2)12(18)14-8-4-3-5-11(16)17/h6-7H,3-5,8H2,1-2H3,(H,14,18)(H,16,17). The number of nitrogens with zero attached hydrogens (tertiary/aromatic N) is 1. The fraction of sp³-hybridized carbons (Fsp3) is 0.462. The van der Waals surface area contributed by atoms with Crippen molar-refractivity contribution in [2.45, 2.75) is 26.2 Å². The molecule has 0 saturated carbocycles. The molecule has 1 aromatic rings. The van der Waals surface area contributed by atoms with Crippen molar-refractivity contribution in [3.63, 3.8) is 0 Å². The lowest BCUT2D eigenvalue weighted by atomic mass is 10.2. The monoisotopic (exact) mass is 266 g/mol. The van der Waals surface area contributed by atoms with Gasteiger partial charge in [-0.3, -0.25) is 9.59 Å². The van der Waals surface area contributed by atoms with E-state index in [9.17, 15) is 9.59 Å². The van der Waals surface area contributed by atoms with Gasteiger partial charge in [-0.15, -0.1) is 0 Å². The summed E-state index contributed by atoms with van der Waals surface area (Å²) < 4.78 is 5.06. The number of hydrogen-bond acceptors (Lipinski definition) is 4. The zero-order chi connectivity index (χ0) is 14.3. The van der Waals surface area contributed by atoms with Gasteiger partial charge >= 0.3 is 5.97 Å². The van der Waals surface area contributed by atoms with E-state index in [1.807, 2.05) is 6.92 Å². The second-order valence-corrected chi connectivity index (χ2v) is 4.12. The number of carboxylic acids is 1. The molecule has 0 atom stereocenters. The molecule has 1 amide bonds. The SMILES string of the molecule is COc1nc(C)ccc1C(=O)NCCCCC(=O)O. The summed E-state index contributed by atoms with van der Waals surface area (Å²) in [7, 11) is 1.46. The van der Waals surface area contributed by atoms with E-state index in [0.29, 0.717) is 30.8 Å². The van der Waals surface area contributed by atoms with Gasteiger partial charge in [-0.1, -0.05) is 0 Å². The fourth-order valence-corrected chi connectivity index (χ4v) is 1.56. The van der Waals surface area contributed by atoms with Crippen molar-refractivity contribution in [2.75, 3.05) is 13.7 Å². The zero-order valence-corrected chi connectivity index (χ0v) is 11.1. The molecule has 0 aliphatic carbocycles. The molecule has 0 saturated heterocycles. The van der Waals surface area contributed by atoms with Crippen molar-refractivity contribution in [1.29, 1.82) is 0 Å². The molecule has 0 unspecified atom stereocenters. The summed E-state index contributed by atoms with van der Waals surface area (Å²) in [5.74, 6) is -0.793. The van der Waals surface area contributed by atoms with E-state index < -0.39 is 5.97 Å². The number of pyridine rings is 1. The quantitative estimate of drug-likeness (QED) is 0.728. The van der Waals surface area contributed by atoms with Crippen molar-refractivity contribution >= 4 is 11.9 Å². The first-order valence-electron chi connectivity index (χ1n) is 6.06. The zero-order valence-electron chi connectivity index (χ0n) is 11.1. The smallest absolute Gasteiger partial charge is 0.303 e. The molecule has 104 valence electrons. The van der Waals surface area contributed by atoms with E-state index in [1.165, 1.54) is 7.11 Å². The number of aromatic nitrogens is 1. The highest BCUT2D eigenvalue weighted by atomic mass is 16.5. The number of rotatable bonds is 7. The van der Waals surface area contributed by atoms with E-state index in [1.54, 1.807) is 12.1 Å². The van der Waals surface area contributed by atoms with E-state index in [-0.39, 0.29) is 12.3 Å².